The monoisotopic (exact) mass is 522 g/mol. The second kappa shape index (κ2) is 12.8. The van der Waals surface area contributed by atoms with E-state index in [9.17, 15) is 14.7 Å². The first-order chi connectivity index (χ1) is 18.5. The van der Waals surface area contributed by atoms with Gasteiger partial charge in [0.1, 0.15) is 24.7 Å². The van der Waals surface area contributed by atoms with E-state index in [1.807, 2.05) is 24.3 Å². The van der Waals surface area contributed by atoms with E-state index in [1.54, 1.807) is 23.1 Å². The molecule has 0 spiro atoms. The van der Waals surface area contributed by atoms with Crippen molar-refractivity contribution in [2.75, 3.05) is 46.0 Å². The Hall–Kier alpha value is -3.52. The van der Waals surface area contributed by atoms with Crippen LogP contribution in [0.4, 0.5) is 0 Å². The second-order valence-electron chi connectivity index (χ2n) is 9.50. The van der Waals surface area contributed by atoms with E-state index in [4.69, 9.17) is 14.2 Å². The number of ether oxygens (including phenoxy) is 3. The van der Waals surface area contributed by atoms with Crippen LogP contribution < -0.4 is 14.2 Å². The van der Waals surface area contributed by atoms with E-state index in [0.717, 1.165) is 43.8 Å². The Morgan fingerprint density at radius 2 is 1.71 bits per heavy atom. The van der Waals surface area contributed by atoms with Crippen LogP contribution in [-0.4, -0.2) is 72.6 Å². The summed E-state index contributed by atoms with van der Waals surface area (Å²) in [5.41, 5.74) is 1.23. The van der Waals surface area contributed by atoms with Crippen LogP contribution in [0.5, 0.6) is 17.2 Å². The van der Waals surface area contributed by atoms with Gasteiger partial charge < -0.3 is 29.1 Å². The van der Waals surface area contributed by atoms with Crippen molar-refractivity contribution in [1.29, 1.82) is 0 Å². The number of fused-ring (bicyclic) bond motifs is 1. The Kier molecular flexibility index (Phi) is 9.29. The topological polar surface area (TPSA) is 88.5 Å². The van der Waals surface area contributed by atoms with Crippen LogP contribution in [0.2, 0.25) is 0 Å². The van der Waals surface area contributed by atoms with Crippen LogP contribution in [0, 0.1) is 0 Å². The molecule has 1 fully saturated rings. The maximum absolute atomic E-state index is 13.4. The molecule has 1 saturated heterocycles. The van der Waals surface area contributed by atoms with Crippen LogP contribution >= 0.6 is 0 Å². The molecule has 1 amide bonds. The average molecular weight is 523 g/mol. The molecular formula is C30H38N2O6. The Labute approximate surface area is 224 Å². The first-order valence-corrected chi connectivity index (χ1v) is 13.6. The first-order valence-electron chi connectivity index (χ1n) is 13.6. The maximum Gasteiger partial charge on any atom is 0.295 e. The lowest BCUT2D eigenvalue weighted by Gasteiger charge is -2.27. The zero-order chi connectivity index (χ0) is 27.1. The minimum Gasteiger partial charge on any atom is -0.507 e. The number of rotatable bonds is 12. The molecule has 2 aromatic carbocycles. The molecule has 0 radical (unpaired) electrons. The molecule has 0 saturated carbocycles. The van der Waals surface area contributed by atoms with E-state index in [1.165, 1.54) is 0 Å². The third kappa shape index (κ3) is 5.96. The molecule has 2 heterocycles. The fourth-order valence-electron chi connectivity index (χ4n) is 4.89. The summed E-state index contributed by atoms with van der Waals surface area (Å²) in [6, 6.07) is 11.8. The fraction of sp³-hybridized carbons (Fsp3) is 0.467. The molecule has 0 unspecified atom stereocenters. The van der Waals surface area contributed by atoms with Crippen molar-refractivity contribution in [2.45, 2.75) is 46.1 Å². The molecule has 1 atom stereocenters. The Bertz CT molecular complexity index is 1160. The molecular weight excluding hydrogens is 484 g/mol. The van der Waals surface area contributed by atoms with Crippen LogP contribution in [0.1, 0.15) is 57.2 Å². The summed E-state index contributed by atoms with van der Waals surface area (Å²) in [6.07, 6.45) is 2.72. The largest absolute Gasteiger partial charge is 0.507 e. The second-order valence-corrected chi connectivity index (χ2v) is 9.50. The molecule has 2 aliphatic rings. The summed E-state index contributed by atoms with van der Waals surface area (Å²) in [7, 11) is 0. The lowest BCUT2D eigenvalue weighted by molar-refractivity contribution is -0.140. The van der Waals surface area contributed by atoms with Crippen molar-refractivity contribution in [3.8, 4) is 17.2 Å². The summed E-state index contributed by atoms with van der Waals surface area (Å²) in [4.78, 5) is 30.5. The summed E-state index contributed by atoms with van der Waals surface area (Å²) in [5, 5.41) is 11.4. The third-order valence-electron chi connectivity index (χ3n) is 7.09. The molecule has 8 nitrogen and oxygen atoms in total. The van der Waals surface area contributed by atoms with Gasteiger partial charge in [-0.3, -0.25) is 9.59 Å². The van der Waals surface area contributed by atoms with E-state index >= 15 is 0 Å². The van der Waals surface area contributed by atoms with Gasteiger partial charge in [-0.2, -0.15) is 0 Å². The van der Waals surface area contributed by atoms with Gasteiger partial charge in [-0.1, -0.05) is 39.3 Å². The number of Topliss-reactive ketones (excluding diaryl/α,β-unsaturated/α-hetero) is 1. The number of nitrogens with zero attached hydrogens (tertiary/aromatic N) is 2. The van der Waals surface area contributed by atoms with E-state index in [0.29, 0.717) is 49.8 Å². The Morgan fingerprint density at radius 3 is 2.39 bits per heavy atom. The van der Waals surface area contributed by atoms with Gasteiger partial charge in [-0.05, 0) is 68.4 Å². The highest BCUT2D eigenvalue weighted by Crippen LogP contribution is 2.41. The summed E-state index contributed by atoms with van der Waals surface area (Å²) in [6.45, 7) is 10.9. The zero-order valence-electron chi connectivity index (χ0n) is 22.6. The average Bonchev–Trinajstić information content (AvgIpc) is 3.20. The highest BCUT2D eigenvalue weighted by atomic mass is 16.6. The smallest absolute Gasteiger partial charge is 0.295 e. The fourth-order valence-corrected chi connectivity index (χ4v) is 4.89. The van der Waals surface area contributed by atoms with Crippen LogP contribution in [0.25, 0.3) is 5.76 Å². The van der Waals surface area contributed by atoms with Gasteiger partial charge in [0.2, 0.25) is 0 Å². The summed E-state index contributed by atoms with van der Waals surface area (Å²) in [5.74, 6) is 0.302. The zero-order valence-corrected chi connectivity index (χ0v) is 22.6. The number of unbranched alkanes of at least 4 members (excludes halogenated alkanes) is 1. The minimum atomic E-state index is -0.704. The number of ketones is 1. The number of aliphatic hydroxyl groups excluding tert-OH is 1. The molecule has 0 aromatic heterocycles. The van der Waals surface area contributed by atoms with E-state index in [-0.39, 0.29) is 11.3 Å². The minimum absolute atomic E-state index is 0.0779. The number of carbonyl (C=O) groups excluding carboxylic acids is 2. The van der Waals surface area contributed by atoms with E-state index in [2.05, 4.69) is 25.7 Å². The van der Waals surface area contributed by atoms with Crippen LogP contribution in [0.15, 0.2) is 48.0 Å². The highest BCUT2D eigenvalue weighted by Gasteiger charge is 2.45. The third-order valence-corrected chi connectivity index (χ3v) is 7.09. The van der Waals surface area contributed by atoms with Gasteiger partial charge in [0, 0.05) is 12.1 Å². The number of benzene rings is 2. The van der Waals surface area contributed by atoms with Crippen molar-refractivity contribution in [3.63, 3.8) is 0 Å². The van der Waals surface area contributed by atoms with Gasteiger partial charge in [0.15, 0.2) is 11.5 Å². The Balaban J connectivity index is 1.69. The van der Waals surface area contributed by atoms with Crippen molar-refractivity contribution >= 4 is 17.4 Å². The van der Waals surface area contributed by atoms with Gasteiger partial charge in [-0.25, -0.2) is 0 Å². The standard InChI is InChI=1S/C30H38N2O6/c1-4-7-17-36-23-12-9-21(10-13-23)27-26(28(33)22-11-14-24-25(20-22)38-19-18-37-24)29(34)30(35)32(27)16-8-15-31(5-2)6-3/h9-14,20,27,33H,4-8,15-19H2,1-3H3/b28-26+/t27-/m0/s1. The van der Waals surface area contributed by atoms with Crippen molar-refractivity contribution in [2.24, 2.45) is 0 Å². The Morgan fingerprint density at radius 1 is 1.00 bits per heavy atom. The van der Waals surface area contributed by atoms with E-state index < -0.39 is 17.7 Å². The molecule has 2 aliphatic heterocycles. The number of hydrogen-bond donors (Lipinski definition) is 1. The molecule has 0 aliphatic carbocycles. The number of amides is 1. The molecule has 0 bridgehead atoms. The van der Waals surface area contributed by atoms with Crippen molar-refractivity contribution < 1.29 is 28.9 Å². The predicted molar refractivity (Wildman–Crippen MR) is 146 cm³/mol. The van der Waals surface area contributed by atoms with Crippen LogP contribution in [0.3, 0.4) is 0 Å². The number of hydrogen-bond acceptors (Lipinski definition) is 7. The number of aliphatic hydroxyl groups is 1. The van der Waals surface area contributed by atoms with Gasteiger partial charge in [-0.15, -0.1) is 0 Å². The number of likely N-dealkylation sites (tertiary alicyclic amines) is 1. The predicted octanol–water partition coefficient (Wildman–Crippen LogP) is 4.79. The lowest BCUT2D eigenvalue weighted by Crippen LogP contribution is -2.33. The SMILES string of the molecule is CCCCOc1ccc([C@H]2/C(=C(\O)c3ccc4c(c3)OCCO4)C(=O)C(=O)N2CCCN(CC)CC)cc1. The first kappa shape index (κ1) is 27.5. The van der Waals surface area contributed by atoms with Gasteiger partial charge in [0.05, 0.1) is 18.2 Å². The van der Waals surface area contributed by atoms with Crippen molar-refractivity contribution in [3.05, 3.63) is 59.2 Å². The molecule has 204 valence electrons. The summed E-state index contributed by atoms with van der Waals surface area (Å²) < 4.78 is 17.1. The molecule has 8 heteroatoms. The van der Waals surface area contributed by atoms with Crippen LogP contribution in [-0.2, 0) is 9.59 Å². The lowest BCUT2D eigenvalue weighted by atomic mass is 9.95. The number of carbonyl (C=O) groups is 2. The van der Waals surface area contributed by atoms with Crippen molar-refractivity contribution in [1.82, 2.24) is 9.80 Å². The van der Waals surface area contributed by atoms with Gasteiger partial charge >= 0.3 is 0 Å². The normalized spacial score (nSPS) is 18.3. The summed E-state index contributed by atoms with van der Waals surface area (Å²) >= 11 is 0. The molecule has 1 N–H and O–H groups in total. The maximum atomic E-state index is 13.4. The molecule has 4 rings (SSSR count). The highest BCUT2D eigenvalue weighted by molar-refractivity contribution is 6.46. The quantitative estimate of drug-likeness (QED) is 0.186. The molecule has 2 aromatic rings. The van der Waals surface area contributed by atoms with Gasteiger partial charge in [0.25, 0.3) is 11.7 Å². The molecule has 38 heavy (non-hydrogen) atoms.